The molecule has 0 heterocycles. The van der Waals surface area contributed by atoms with Crippen LogP contribution < -0.4 is 9.64 Å². The van der Waals surface area contributed by atoms with Crippen LogP contribution in [0.3, 0.4) is 0 Å². The van der Waals surface area contributed by atoms with Gasteiger partial charge in [-0.2, -0.15) is 0 Å². The Kier molecular flexibility index (Phi) is 4.04. The molecule has 0 bridgehead atoms. The van der Waals surface area contributed by atoms with Crippen molar-refractivity contribution in [2.75, 3.05) is 26.1 Å². The third kappa shape index (κ3) is 3.57. The lowest BCUT2D eigenvalue weighted by Crippen LogP contribution is -2.12. The second-order valence-corrected chi connectivity index (χ2v) is 6.35. The number of hydrogen-bond donors (Lipinski definition) is 0. The molecule has 90 valence electrons. The molecule has 0 radical (unpaired) electrons. The van der Waals surface area contributed by atoms with E-state index in [9.17, 15) is 8.42 Å². The summed E-state index contributed by atoms with van der Waals surface area (Å²) in [7, 11) is 6.89. The van der Waals surface area contributed by atoms with Crippen LogP contribution in [0.5, 0.6) is 5.75 Å². The van der Waals surface area contributed by atoms with E-state index in [0.29, 0.717) is 11.3 Å². The average molecular weight is 264 g/mol. The zero-order valence-electron chi connectivity index (χ0n) is 9.40. The van der Waals surface area contributed by atoms with Gasteiger partial charge < -0.3 is 9.64 Å². The van der Waals surface area contributed by atoms with Crippen LogP contribution in [-0.4, -0.2) is 29.6 Å². The van der Waals surface area contributed by atoms with Crippen molar-refractivity contribution in [1.29, 1.82) is 0 Å². The van der Waals surface area contributed by atoms with Crippen molar-refractivity contribution in [2.24, 2.45) is 0 Å². The molecule has 0 N–H and O–H groups in total. The monoisotopic (exact) mass is 263 g/mol. The van der Waals surface area contributed by atoms with Crippen molar-refractivity contribution < 1.29 is 13.2 Å². The third-order valence-electron chi connectivity index (χ3n) is 2.10. The maximum Gasteiger partial charge on any atom is 0.236 e. The molecule has 0 unspecified atom stereocenters. The van der Waals surface area contributed by atoms with Gasteiger partial charge in [0, 0.05) is 30.5 Å². The summed E-state index contributed by atoms with van der Waals surface area (Å²) >= 11 is 0. The Morgan fingerprint density at radius 2 is 2.00 bits per heavy atom. The van der Waals surface area contributed by atoms with Gasteiger partial charge in [-0.3, -0.25) is 0 Å². The molecule has 1 rings (SSSR count). The van der Waals surface area contributed by atoms with Gasteiger partial charge in [-0.25, -0.2) is 8.42 Å². The van der Waals surface area contributed by atoms with Crippen LogP contribution in [0.1, 0.15) is 5.56 Å². The molecule has 0 aliphatic carbocycles. The molecule has 0 aromatic heterocycles. The third-order valence-corrected chi connectivity index (χ3v) is 3.08. The van der Waals surface area contributed by atoms with E-state index >= 15 is 0 Å². The number of nitrogens with zero attached hydrogens (tertiary/aromatic N) is 1. The van der Waals surface area contributed by atoms with E-state index in [0.717, 1.165) is 5.69 Å². The van der Waals surface area contributed by atoms with Gasteiger partial charge in [-0.1, -0.05) is 0 Å². The Balaban J connectivity index is 3.20. The van der Waals surface area contributed by atoms with E-state index < -0.39 is 9.05 Å². The number of rotatable bonds is 4. The van der Waals surface area contributed by atoms with Crippen LogP contribution >= 0.6 is 10.7 Å². The fraction of sp³-hybridized carbons (Fsp3) is 0.400. The molecule has 0 amide bonds. The number of anilines is 1. The highest BCUT2D eigenvalue weighted by molar-refractivity contribution is 8.13. The van der Waals surface area contributed by atoms with E-state index in [1.54, 1.807) is 18.2 Å². The predicted octanol–water partition coefficient (Wildman–Crippen LogP) is 1.83. The summed E-state index contributed by atoms with van der Waals surface area (Å²) in [4.78, 5) is 1.83. The largest absolute Gasteiger partial charge is 0.497 e. The SMILES string of the molecule is COc1ccc(N(C)C)c(CS(=O)(=O)Cl)c1. The van der Waals surface area contributed by atoms with E-state index in [2.05, 4.69) is 0 Å². The van der Waals surface area contributed by atoms with Crippen molar-refractivity contribution in [1.82, 2.24) is 0 Å². The second-order valence-electron chi connectivity index (χ2n) is 3.57. The van der Waals surface area contributed by atoms with Gasteiger partial charge >= 0.3 is 0 Å². The lowest BCUT2D eigenvalue weighted by atomic mass is 10.2. The Hall–Kier alpha value is -0.940. The second kappa shape index (κ2) is 4.93. The summed E-state index contributed by atoms with van der Waals surface area (Å²) < 4.78 is 27.2. The molecule has 0 fully saturated rings. The molecular formula is C10H14ClNO3S. The highest BCUT2D eigenvalue weighted by Gasteiger charge is 2.13. The summed E-state index contributed by atoms with van der Waals surface area (Å²) in [6.07, 6.45) is 0. The highest BCUT2D eigenvalue weighted by atomic mass is 35.7. The van der Waals surface area contributed by atoms with Gasteiger partial charge in [0.1, 0.15) is 5.75 Å². The van der Waals surface area contributed by atoms with Gasteiger partial charge in [0.2, 0.25) is 9.05 Å². The lowest BCUT2D eigenvalue weighted by molar-refractivity contribution is 0.414. The van der Waals surface area contributed by atoms with Crippen LogP contribution in [-0.2, 0) is 14.8 Å². The van der Waals surface area contributed by atoms with Crippen molar-refractivity contribution in [3.63, 3.8) is 0 Å². The number of benzene rings is 1. The minimum Gasteiger partial charge on any atom is -0.497 e. The van der Waals surface area contributed by atoms with E-state index in [4.69, 9.17) is 15.4 Å². The average Bonchev–Trinajstić information content (AvgIpc) is 2.14. The normalized spacial score (nSPS) is 11.2. The molecule has 1 aromatic carbocycles. The minimum absolute atomic E-state index is 0.209. The van der Waals surface area contributed by atoms with Crippen molar-refractivity contribution in [2.45, 2.75) is 5.75 Å². The maximum absolute atomic E-state index is 11.1. The maximum atomic E-state index is 11.1. The predicted molar refractivity (Wildman–Crippen MR) is 65.8 cm³/mol. The van der Waals surface area contributed by atoms with Crippen molar-refractivity contribution in [3.8, 4) is 5.75 Å². The standard InChI is InChI=1S/C10H14ClNO3S/c1-12(2)10-5-4-9(15-3)6-8(10)7-16(11,13)14/h4-6H,7H2,1-3H3. The summed E-state index contributed by atoms with van der Waals surface area (Å²) in [6, 6.07) is 5.26. The number of hydrogen-bond acceptors (Lipinski definition) is 4. The number of ether oxygens (including phenoxy) is 1. The Morgan fingerprint density at radius 1 is 1.38 bits per heavy atom. The quantitative estimate of drug-likeness (QED) is 0.778. The molecular weight excluding hydrogens is 250 g/mol. The summed E-state index contributed by atoms with van der Waals surface area (Å²) in [5.41, 5.74) is 1.43. The summed E-state index contributed by atoms with van der Waals surface area (Å²) in [6.45, 7) is 0. The van der Waals surface area contributed by atoms with Gasteiger partial charge in [-0.05, 0) is 23.8 Å². The van der Waals surface area contributed by atoms with Crippen molar-refractivity contribution >= 4 is 25.4 Å². The summed E-state index contributed by atoms with van der Waals surface area (Å²) in [5.74, 6) is 0.403. The number of methoxy groups -OCH3 is 1. The Bertz CT molecular complexity index is 471. The van der Waals surface area contributed by atoms with Crippen molar-refractivity contribution in [3.05, 3.63) is 23.8 Å². The molecule has 0 aliphatic heterocycles. The Labute approximate surface area is 100 Å². The smallest absolute Gasteiger partial charge is 0.236 e. The molecule has 6 heteroatoms. The molecule has 16 heavy (non-hydrogen) atoms. The number of halogens is 1. The van der Waals surface area contributed by atoms with Gasteiger partial charge in [0.15, 0.2) is 0 Å². The van der Waals surface area contributed by atoms with E-state index in [-0.39, 0.29) is 5.75 Å². The van der Waals surface area contributed by atoms with E-state index in [1.165, 1.54) is 7.11 Å². The summed E-state index contributed by atoms with van der Waals surface area (Å²) in [5, 5.41) is 0. The fourth-order valence-electron chi connectivity index (χ4n) is 1.43. The molecule has 0 atom stereocenters. The molecule has 0 spiro atoms. The Morgan fingerprint density at radius 3 is 2.44 bits per heavy atom. The van der Waals surface area contributed by atoms with Crippen LogP contribution in [0.15, 0.2) is 18.2 Å². The molecule has 1 aromatic rings. The first-order chi connectivity index (χ1) is 7.33. The van der Waals surface area contributed by atoms with Gasteiger partial charge in [-0.15, -0.1) is 0 Å². The molecule has 0 saturated heterocycles. The highest BCUT2D eigenvalue weighted by Crippen LogP contribution is 2.26. The molecule has 0 saturated carbocycles. The first-order valence-corrected chi connectivity index (χ1v) is 7.08. The van der Waals surface area contributed by atoms with Crippen LogP contribution in [0.2, 0.25) is 0 Å². The van der Waals surface area contributed by atoms with Crippen LogP contribution in [0.25, 0.3) is 0 Å². The van der Waals surface area contributed by atoms with Crippen LogP contribution in [0, 0.1) is 0 Å². The minimum atomic E-state index is -3.57. The first-order valence-electron chi connectivity index (χ1n) is 4.60. The van der Waals surface area contributed by atoms with Gasteiger partial charge in [0.05, 0.1) is 12.9 Å². The van der Waals surface area contributed by atoms with Crippen LogP contribution in [0.4, 0.5) is 5.69 Å². The first kappa shape index (κ1) is 13.1. The molecule has 0 aliphatic rings. The lowest BCUT2D eigenvalue weighted by Gasteiger charge is -2.17. The fourth-order valence-corrected chi connectivity index (χ4v) is 2.38. The van der Waals surface area contributed by atoms with E-state index in [1.807, 2.05) is 19.0 Å². The molecule has 4 nitrogen and oxygen atoms in total. The zero-order chi connectivity index (χ0) is 12.3. The van der Waals surface area contributed by atoms with Gasteiger partial charge in [0.25, 0.3) is 0 Å². The topological polar surface area (TPSA) is 46.6 Å². The zero-order valence-corrected chi connectivity index (χ0v) is 11.0.